The van der Waals surface area contributed by atoms with E-state index in [1.165, 1.54) is 6.42 Å². The van der Waals surface area contributed by atoms with Gasteiger partial charge in [0, 0.05) is 0 Å². The van der Waals surface area contributed by atoms with Crippen molar-refractivity contribution in [2.45, 2.75) is 26.2 Å². The van der Waals surface area contributed by atoms with Gasteiger partial charge in [0.25, 0.3) is 0 Å². The first kappa shape index (κ1) is 10.4. The van der Waals surface area contributed by atoms with Crippen LogP contribution in [0.15, 0.2) is 24.8 Å². The van der Waals surface area contributed by atoms with Crippen molar-refractivity contribution >= 4 is 0 Å². The van der Waals surface area contributed by atoms with Gasteiger partial charge in [-0.2, -0.15) is 0 Å². The number of unbranched alkanes of at least 4 members (excludes halogenated alkanes) is 1. The number of hydrogen-bond donors (Lipinski definition) is 1. The molecule has 0 fully saturated rings. The van der Waals surface area contributed by atoms with Gasteiger partial charge in [0.15, 0.2) is 0 Å². The van der Waals surface area contributed by atoms with Gasteiger partial charge in [0.2, 0.25) is 0 Å². The summed E-state index contributed by atoms with van der Waals surface area (Å²) in [5.74, 6) is 0. The van der Waals surface area contributed by atoms with Gasteiger partial charge in [0.05, 0.1) is 0 Å². The summed E-state index contributed by atoms with van der Waals surface area (Å²) in [6, 6.07) is 0. The van der Waals surface area contributed by atoms with Crippen molar-refractivity contribution in [3.8, 4) is 0 Å². The first-order valence-electron chi connectivity index (χ1n) is 4.34. The van der Waals surface area contributed by atoms with Crippen LogP contribution in [0, 0.1) is 0 Å². The Kier molecular flexibility index (Phi) is 8.96. The predicted octanol–water partition coefficient (Wildman–Crippen LogP) is 2.51. The Morgan fingerprint density at radius 2 is 2.09 bits per heavy atom. The van der Waals surface area contributed by atoms with Gasteiger partial charge in [0.1, 0.15) is 0 Å². The van der Waals surface area contributed by atoms with Crippen molar-refractivity contribution in [3.63, 3.8) is 0 Å². The second kappa shape index (κ2) is 9.44. The zero-order chi connectivity index (χ0) is 8.36. The molecule has 0 atom stereocenters. The first-order valence-corrected chi connectivity index (χ1v) is 4.34. The highest BCUT2D eigenvalue weighted by atomic mass is 14.8. The van der Waals surface area contributed by atoms with Crippen molar-refractivity contribution in [3.05, 3.63) is 24.8 Å². The van der Waals surface area contributed by atoms with Crippen molar-refractivity contribution in [2.24, 2.45) is 0 Å². The lowest BCUT2D eigenvalue weighted by atomic mass is 10.3. The van der Waals surface area contributed by atoms with Crippen molar-refractivity contribution in [2.75, 3.05) is 13.1 Å². The second-order valence-electron chi connectivity index (χ2n) is 2.54. The lowest BCUT2D eigenvalue weighted by molar-refractivity contribution is 0.659. The van der Waals surface area contributed by atoms with E-state index in [-0.39, 0.29) is 0 Å². The van der Waals surface area contributed by atoms with Gasteiger partial charge in [-0.15, -0.1) is 6.58 Å². The molecular weight excluding hydrogens is 134 g/mol. The van der Waals surface area contributed by atoms with Crippen LogP contribution in [-0.4, -0.2) is 13.1 Å². The predicted molar refractivity (Wildman–Crippen MR) is 51.7 cm³/mol. The van der Waals surface area contributed by atoms with Crippen LogP contribution in [0.1, 0.15) is 26.2 Å². The summed E-state index contributed by atoms with van der Waals surface area (Å²) in [5.41, 5.74) is 0. The third-order valence-electron chi connectivity index (χ3n) is 1.49. The third kappa shape index (κ3) is 9.44. The van der Waals surface area contributed by atoms with E-state index in [4.69, 9.17) is 0 Å². The van der Waals surface area contributed by atoms with E-state index >= 15 is 0 Å². The Labute approximate surface area is 70.2 Å². The molecule has 0 aromatic heterocycles. The van der Waals surface area contributed by atoms with Crippen molar-refractivity contribution in [1.29, 1.82) is 0 Å². The standard InChI is InChI=1S/C10H19N/c1-3-5-7-9-11-10-8-6-4-2/h3-4,6,11H,1,5,7-10H2,2H3/b6-4+. The van der Waals surface area contributed by atoms with Crippen molar-refractivity contribution < 1.29 is 0 Å². The maximum Gasteiger partial charge on any atom is -0.00143 e. The fourth-order valence-corrected chi connectivity index (χ4v) is 0.848. The van der Waals surface area contributed by atoms with E-state index < -0.39 is 0 Å². The number of rotatable bonds is 7. The molecular formula is C10H19N. The lowest BCUT2D eigenvalue weighted by Crippen LogP contribution is -2.15. The number of nitrogens with one attached hydrogen (secondary N) is 1. The largest absolute Gasteiger partial charge is 0.316 e. The smallest absolute Gasteiger partial charge is 0.00143 e. The monoisotopic (exact) mass is 153 g/mol. The van der Waals surface area contributed by atoms with Crippen LogP contribution in [0.2, 0.25) is 0 Å². The quantitative estimate of drug-likeness (QED) is 0.438. The van der Waals surface area contributed by atoms with Crippen LogP contribution in [0.5, 0.6) is 0 Å². The summed E-state index contributed by atoms with van der Waals surface area (Å²) in [7, 11) is 0. The van der Waals surface area contributed by atoms with Gasteiger partial charge < -0.3 is 5.32 Å². The molecule has 0 spiro atoms. The molecule has 0 aliphatic carbocycles. The SMILES string of the molecule is C=CCCCNCC/C=C/C. The Morgan fingerprint density at radius 1 is 1.27 bits per heavy atom. The summed E-state index contributed by atoms with van der Waals surface area (Å²) in [6.07, 6.45) is 9.71. The zero-order valence-corrected chi connectivity index (χ0v) is 7.47. The Hall–Kier alpha value is -0.560. The maximum atomic E-state index is 3.67. The topological polar surface area (TPSA) is 12.0 Å². The summed E-state index contributed by atoms with van der Waals surface area (Å²) in [6.45, 7) is 7.94. The van der Waals surface area contributed by atoms with Crippen LogP contribution in [0.25, 0.3) is 0 Å². The maximum absolute atomic E-state index is 3.67. The molecule has 0 saturated heterocycles. The molecule has 0 aromatic rings. The van der Waals surface area contributed by atoms with Gasteiger partial charge in [-0.1, -0.05) is 18.2 Å². The summed E-state index contributed by atoms with van der Waals surface area (Å²) < 4.78 is 0. The van der Waals surface area contributed by atoms with Crippen molar-refractivity contribution in [1.82, 2.24) is 5.32 Å². The Bertz CT molecular complexity index is 105. The summed E-state index contributed by atoms with van der Waals surface area (Å²) >= 11 is 0. The normalized spacial score (nSPS) is 10.6. The molecule has 1 N–H and O–H groups in total. The highest BCUT2D eigenvalue weighted by Gasteiger charge is 1.83. The summed E-state index contributed by atoms with van der Waals surface area (Å²) in [4.78, 5) is 0. The molecule has 1 nitrogen and oxygen atoms in total. The van der Waals surface area contributed by atoms with Gasteiger partial charge >= 0.3 is 0 Å². The van der Waals surface area contributed by atoms with Gasteiger partial charge in [-0.3, -0.25) is 0 Å². The minimum Gasteiger partial charge on any atom is -0.316 e. The van der Waals surface area contributed by atoms with E-state index in [0.29, 0.717) is 0 Å². The fourth-order valence-electron chi connectivity index (χ4n) is 0.848. The average molecular weight is 153 g/mol. The molecule has 1 heteroatoms. The number of hydrogen-bond acceptors (Lipinski definition) is 1. The minimum absolute atomic E-state index is 1.10. The molecule has 0 saturated carbocycles. The van der Waals surface area contributed by atoms with Crippen LogP contribution in [0.3, 0.4) is 0 Å². The van der Waals surface area contributed by atoms with Crippen LogP contribution in [0.4, 0.5) is 0 Å². The van der Waals surface area contributed by atoms with Gasteiger partial charge in [-0.05, 0) is 39.3 Å². The number of allylic oxidation sites excluding steroid dienone is 2. The minimum atomic E-state index is 1.10. The Morgan fingerprint density at radius 3 is 2.73 bits per heavy atom. The fraction of sp³-hybridized carbons (Fsp3) is 0.600. The Balaban J connectivity index is 2.84. The second-order valence-corrected chi connectivity index (χ2v) is 2.54. The molecule has 0 heterocycles. The van der Waals surface area contributed by atoms with E-state index in [0.717, 1.165) is 25.9 Å². The first-order chi connectivity index (χ1) is 5.41. The van der Waals surface area contributed by atoms with Crippen LogP contribution < -0.4 is 5.32 Å². The molecule has 0 aromatic carbocycles. The van der Waals surface area contributed by atoms with E-state index in [1.54, 1.807) is 0 Å². The van der Waals surface area contributed by atoms with E-state index in [2.05, 4.69) is 31.0 Å². The lowest BCUT2D eigenvalue weighted by Gasteiger charge is -1.99. The summed E-state index contributed by atoms with van der Waals surface area (Å²) in [5, 5.41) is 3.36. The third-order valence-corrected chi connectivity index (χ3v) is 1.49. The van der Waals surface area contributed by atoms with Crippen LogP contribution >= 0.6 is 0 Å². The molecule has 0 rings (SSSR count). The molecule has 0 aliphatic rings. The molecule has 11 heavy (non-hydrogen) atoms. The molecule has 0 amide bonds. The zero-order valence-electron chi connectivity index (χ0n) is 7.47. The average Bonchev–Trinajstić information content (AvgIpc) is 2.03. The molecule has 0 bridgehead atoms. The van der Waals surface area contributed by atoms with Crippen LogP contribution in [-0.2, 0) is 0 Å². The molecule has 0 aliphatic heterocycles. The molecule has 64 valence electrons. The van der Waals surface area contributed by atoms with Gasteiger partial charge in [-0.25, -0.2) is 0 Å². The molecule has 0 radical (unpaired) electrons. The molecule has 0 unspecified atom stereocenters. The van der Waals surface area contributed by atoms with E-state index in [9.17, 15) is 0 Å². The highest BCUT2D eigenvalue weighted by Crippen LogP contribution is 1.86. The highest BCUT2D eigenvalue weighted by molar-refractivity contribution is 4.77. The van der Waals surface area contributed by atoms with E-state index in [1.807, 2.05) is 6.08 Å².